The van der Waals surface area contributed by atoms with E-state index in [2.05, 4.69) is 83.3 Å². The fraction of sp³-hybridized carbons (Fsp3) is 0.143. The van der Waals surface area contributed by atoms with Crippen molar-refractivity contribution in [2.75, 3.05) is 0 Å². The molecule has 0 amide bonds. The van der Waals surface area contributed by atoms with Crippen LogP contribution in [0.5, 0.6) is 0 Å². The zero-order valence-corrected chi connectivity index (χ0v) is 10.4. The first-order valence-corrected chi connectivity index (χ1v) is 6.21. The molecule has 74 valence electrons. The van der Waals surface area contributed by atoms with Crippen molar-refractivity contribution < 1.29 is 0 Å². The molecule has 0 saturated heterocycles. The Morgan fingerprint density at radius 2 is 1.87 bits per heavy atom. The summed E-state index contributed by atoms with van der Waals surface area (Å²) >= 11 is 2.54. The molecule has 0 spiro atoms. The van der Waals surface area contributed by atoms with Crippen LogP contribution in [0.1, 0.15) is 0 Å². The molecule has 0 bridgehead atoms. The standard InChI is InChI=1S/C14H11I/c15-14-8-4-3-7-13(14)9-11-5-1-2-6-12(11)10-14/h1-10,13H/t13-,14?/m0/s1. The van der Waals surface area contributed by atoms with Gasteiger partial charge in [0.25, 0.3) is 0 Å². The molecule has 0 nitrogen and oxygen atoms in total. The monoisotopic (exact) mass is 306 g/mol. The summed E-state index contributed by atoms with van der Waals surface area (Å²) in [6, 6.07) is 8.58. The Hall–Kier alpha value is -0.830. The van der Waals surface area contributed by atoms with Gasteiger partial charge in [-0.25, -0.2) is 0 Å². The van der Waals surface area contributed by atoms with E-state index in [9.17, 15) is 0 Å². The van der Waals surface area contributed by atoms with Gasteiger partial charge in [-0.1, -0.05) is 83.3 Å². The van der Waals surface area contributed by atoms with Gasteiger partial charge < -0.3 is 0 Å². The van der Waals surface area contributed by atoms with Gasteiger partial charge in [-0.15, -0.1) is 0 Å². The first-order chi connectivity index (χ1) is 7.28. The molecule has 0 radical (unpaired) electrons. The third-order valence-electron chi connectivity index (χ3n) is 3.02. The van der Waals surface area contributed by atoms with Crippen LogP contribution in [0.25, 0.3) is 12.2 Å². The molecule has 1 aromatic rings. The van der Waals surface area contributed by atoms with Crippen LogP contribution in [0, 0.1) is 5.92 Å². The van der Waals surface area contributed by atoms with E-state index in [1.54, 1.807) is 0 Å². The zero-order chi connectivity index (χ0) is 10.3. The van der Waals surface area contributed by atoms with Gasteiger partial charge in [0, 0.05) is 5.92 Å². The topological polar surface area (TPSA) is 0 Å². The lowest BCUT2D eigenvalue weighted by atomic mass is 9.83. The van der Waals surface area contributed by atoms with Crippen LogP contribution in [0.2, 0.25) is 0 Å². The number of hydrogen-bond donors (Lipinski definition) is 0. The Bertz CT molecular complexity index is 565. The summed E-state index contributed by atoms with van der Waals surface area (Å²) in [5, 5.41) is 2.71. The third kappa shape index (κ3) is 1.49. The van der Waals surface area contributed by atoms with Crippen LogP contribution in [0.4, 0.5) is 0 Å². The van der Waals surface area contributed by atoms with Crippen LogP contribution in [0.15, 0.2) is 48.6 Å². The third-order valence-corrected chi connectivity index (χ3v) is 4.41. The van der Waals surface area contributed by atoms with Crippen molar-refractivity contribution in [2.45, 2.75) is 3.42 Å². The van der Waals surface area contributed by atoms with E-state index in [0.717, 1.165) is 0 Å². The van der Waals surface area contributed by atoms with Crippen molar-refractivity contribution in [1.29, 1.82) is 0 Å². The minimum absolute atomic E-state index is 0.140. The highest BCUT2D eigenvalue weighted by atomic mass is 127. The molecule has 2 aliphatic rings. The molecular formula is C14H11I. The van der Waals surface area contributed by atoms with Gasteiger partial charge in [-0.3, -0.25) is 0 Å². The Kier molecular flexibility index (Phi) is 2.09. The second-order valence-corrected chi connectivity index (χ2v) is 5.91. The molecule has 1 aromatic carbocycles. The van der Waals surface area contributed by atoms with Crippen molar-refractivity contribution in [3.8, 4) is 0 Å². The first-order valence-electron chi connectivity index (χ1n) is 5.13. The van der Waals surface area contributed by atoms with Crippen LogP contribution in [-0.4, -0.2) is 3.42 Å². The zero-order valence-electron chi connectivity index (χ0n) is 8.23. The minimum Gasteiger partial charge on any atom is -0.0756 e. The molecule has 0 heterocycles. The molecule has 1 unspecified atom stereocenters. The molecule has 2 atom stereocenters. The van der Waals surface area contributed by atoms with Crippen molar-refractivity contribution in [2.24, 2.45) is 5.92 Å². The highest BCUT2D eigenvalue weighted by Crippen LogP contribution is 2.37. The summed E-state index contributed by atoms with van der Waals surface area (Å²) in [5.41, 5.74) is 0. The average molecular weight is 306 g/mol. The number of rotatable bonds is 0. The van der Waals surface area contributed by atoms with E-state index < -0.39 is 0 Å². The lowest BCUT2D eigenvalue weighted by Crippen LogP contribution is -2.39. The molecule has 0 N–H and O–H groups in total. The Labute approximate surface area is 103 Å². The summed E-state index contributed by atoms with van der Waals surface area (Å²) in [7, 11) is 0. The molecule has 0 saturated carbocycles. The normalized spacial score (nSPS) is 31.1. The number of alkyl halides is 1. The first kappa shape index (κ1) is 9.40. The maximum absolute atomic E-state index is 2.54. The van der Waals surface area contributed by atoms with Crippen molar-refractivity contribution >= 4 is 34.7 Å². The number of fused-ring (bicyclic) bond motifs is 2. The van der Waals surface area contributed by atoms with Crippen molar-refractivity contribution in [3.05, 3.63) is 59.0 Å². The quantitative estimate of drug-likeness (QED) is 0.509. The highest BCUT2D eigenvalue weighted by molar-refractivity contribution is 14.1. The Morgan fingerprint density at radius 1 is 1.07 bits per heavy atom. The minimum atomic E-state index is 0.140. The van der Waals surface area contributed by atoms with E-state index in [1.807, 2.05) is 0 Å². The second-order valence-electron chi connectivity index (χ2n) is 4.04. The maximum Gasteiger partial charge on any atom is 0.0690 e. The van der Waals surface area contributed by atoms with Gasteiger partial charge in [0.2, 0.25) is 0 Å². The van der Waals surface area contributed by atoms with Crippen LogP contribution in [-0.2, 0) is 0 Å². The molecular weight excluding hydrogens is 295 g/mol. The molecule has 0 aliphatic heterocycles. The van der Waals surface area contributed by atoms with Crippen molar-refractivity contribution in [1.82, 2.24) is 0 Å². The molecule has 0 aromatic heterocycles. The number of hydrogen-bond acceptors (Lipinski definition) is 0. The fourth-order valence-electron chi connectivity index (χ4n) is 2.20. The fourth-order valence-corrected chi connectivity index (χ4v) is 3.13. The maximum atomic E-state index is 2.54. The lowest BCUT2D eigenvalue weighted by Gasteiger charge is -2.30. The van der Waals surface area contributed by atoms with E-state index >= 15 is 0 Å². The number of benzene rings is 1. The number of halogens is 1. The van der Waals surface area contributed by atoms with Gasteiger partial charge in [0.15, 0.2) is 0 Å². The van der Waals surface area contributed by atoms with Crippen LogP contribution >= 0.6 is 22.6 Å². The van der Waals surface area contributed by atoms with E-state index in [1.165, 1.54) is 10.4 Å². The van der Waals surface area contributed by atoms with Crippen LogP contribution < -0.4 is 10.4 Å². The highest BCUT2D eigenvalue weighted by Gasteiger charge is 2.31. The lowest BCUT2D eigenvalue weighted by molar-refractivity contribution is 0.802. The summed E-state index contributed by atoms with van der Waals surface area (Å²) in [6.07, 6.45) is 13.6. The SMILES string of the molecule is IC12C=CC=C[C@H]1C=c1ccccc1=C2. The van der Waals surface area contributed by atoms with E-state index in [-0.39, 0.29) is 3.42 Å². The smallest absolute Gasteiger partial charge is 0.0690 e. The summed E-state index contributed by atoms with van der Waals surface area (Å²) in [6.45, 7) is 0. The van der Waals surface area contributed by atoms with Gasteiger partial charge in [0.1, 0.15) is 0 Å². The van der Waals surface area contributed by atoms with Gasteiger partial charge in [0.05, 0.1) is 3.42 Å². The van der Waals surface area contributed by atoms with E-state index in [0.29, 0.717) is 5.92 Å². The predicted octanol–water partition coefficient (Wildman–Crippen LogP) is 2.18. The molecule has 2 aliphatic carbocycles. The summed E-state index contributed by atoms with van der Waals surface area (Å²) in [5.74, 6) is 0.498. The summed E-state index contributed by atoms with van der Waals surface area (Å²) < 4.78 is 0.140. The predicted molar refractivity (Wildman–Crippen MR) is 73.1 cm³/mol. The van der Waals surface area contributed by atoms with Crippen molar-refractivity contribution in [3.63, 3.8) is 0 Å². The molecule has 1 heteroatoms. The number of allylic oxidation sites excluding steroid dienone is 4. The molecule has 15 heavy (non-hydrogen) atoms. The van der Waals surface area contributed by atoms with Gasteiger partial charge in [-0.05, 0) is 10.4 Å². The van der Waals surface area contributed by atoms with Gasteiger partial charge >= 0.3 is 0 Å². The van der Waals surface area contributed by atoms with E-state index in [4.69, 9.17) is 0 Å². The molecule has 3 rings (SSSR count). The largest absolute Gasteiger partial charge is 0.0756 e. The average Bonchev–Trinajstić information content (AvgIpc) is 2.25. The van der Waals surface area contributed by atoms with Crippen LogP contribution in [0.3, 0.4) is 0 Å². The Balaban J connectivity index is 2.32. The molecule has 0 fully saturated rings. The van der Waals surface area contributed by atoms with Gasteiger partial charge in [-0.2, -0.15) is 0 Å². The summed E-state index contributed by atoms with van der Waals surface area (Å²) in [4.78, 5) is 0. The Morgan fingerprint density at radius 3 is 2.73 bits per heavy atom. The second kappa shape index (κ2) is 3.34.